The van der Waals surface area contributed by atoms with Gasteiger partial charge in [-0.3, -0.25) is 14.8 Å². The van der Waals surface area contributed by atoms with Gasteiger partial charge in [0.15, 0.2) is 0 Å². The van der Waals surface area contributed by atoms with Crippen LogP contribution in [-0.4, -0.2) is 40.1 Å². The maximum atomic E-state index is 13.8. The molecule has 5 rings (SSSR count). The molecule has 0 atom stereocenters. The molecule has 0 saturated heterocycles. The van der Waals surface area contributed by atoms with Crippen LogP contribution in [-0.2, 0) is 19.8 Å². The number of amides is 1. The molecule has 0 bridgehead atoms. The summed E-state index contributed by atoms with van der Waals surface area (Å²) in [4.78, 5) is 27.6. The van der Waals surface area contributed by atoms with Crippen LogP contribution in [0.25, 0.3) is 11.1 Å². The van der Waals surface area contributed by atoms with E-state index in [0.717, 1.165) is 24.0 Å². The van der Waals surface area contributed by atoms with E-state index in [-0.39, 0.29) is 30.1 Å². The molecule has 1 fully saturated rings. The number of aliphatic imine (C=N–C) groups is 1. The Morgan fingerprint density at radius 3 is 2.85 bits per heavy atom. The van der Waals surface area contributed by atoms with Crippen LogP contribution in [0.15, 0.2) is 47.6 Å². The van der Waals surface area contributed by atoms with Crippen molar-refractivity contribution in [1.82, 2.24) is 14.9 Å². The maximum absolute atomic E-state index is 13.8. The summed E-state index contributed by atoms with van der Waals surface area (Å²) in [6.07, 6.45) is 5.16. The van der Waals surface area contributed by atoms with Gasteiger partial charge >= 0.3 is 0 Å². The Hall–Kier alpha value is -3.68. The highest BCUT2D eigenvalue weighted by atomic mass is 19.1. The molecule has 1 saturated carbocycles. The number of fused-ring (bicyclic) bond motifs is 1. The van der Waals surface area contributed by atoms with E-state index in [2.05, 4.69) is 15.0 Å². The Morgan fingerprint density at radius 2 is 2.09 bits per heavy atom. The van der Waals surface area contributed by atoms with Crippen LogP contribution in [0.2, 0.25) is 0 Å². The molecule has 8 heteroatoms. The molecule has 2 aliphatic rings. The number of carbonyl (C=O) groups excluding carboxylic acids is 1. The van der Waals surface area contributed by atoms with E-state index in [1.54, 1.807) is 43.7 Å². The molecule has 1 aromatic carbocycles. The maximum Gasteiger partial charge on any atom is 0.272 e. The largest absolute Gasteiger partial charge is 0.474 e. The zero-order chi connectivity index (χ0) is 22.9. The van der Waals surface area contributed by atoms with Crippen LogP contribution in [0.3, 0.4) is 0 Å². The van der Waals surface area contributed by atoms with Crippen molar-refractivity contribution in [3.05, 3.63) is 76.5 Å². The van der Waals surface area contributed by atoms with Crippen LogP contribution in [0.4, 0.5) is 8.78 Å². The van der Waals surface area contributed by atoms with Gasteiger partial charge in [0.2, 0.25) is 5.88 Å². The molecule has 1 aliphatic heterocycles. The van der Waals surface area contributed by atoms with Gasteiger partial charge in [-0.25, -0.2) is 13.8 Å². The predicted octanol–water partition coefficient (Wildman–Crippen LogP) is 4.50. The Morgan fingerprint density at radius 1 is 1.24 bits per heavy atom. The number of aromatic nitrogens is 2. The lowest BCUT2D eigenvalue weighted by molar-refractivity contribution is 0.0777. The number of nitrogens with zero attached hydrogens (tertiary/aromatic N) is 4. The van der Waals surface area contributed by atoms with E-state index in [4.69, 9.17) is 4.74 Å². The lowest BCUT2D eigenvalue weighted by Gasteiger charge is -2.20. The third-order valence-corrected chi connectivity index (χ3v) is 5.77. The topological polar surface area (TPSA) is 67.7 Å². The van der Waals surface area contributed by atoms with Crippen molar-refractivity contribution in [1.29, 1.82) is 0 Å². The van der Waals surface area contributed by atoms with Crippen molar-refractivity contribution in [2.75, 3.05) is 7.05 Å². The van der Waals surface area contributed by atoms with E-state index < -0.39 is 6.67 Å². The highest BCUT2D eigenvalue weighted by Crippen LogP contribution is 2.34. The summed E-state index contributed by atoms with van der Waals surface area (Å²) >= 11 is 0. The Balaban J connectivity index is 1.41. The molecule has 1 aliphatic carbocycles. The van der Waals surface area contributed by atoms with Gasteiger partial charge in [-0.1, -0.05) is 12.1 Å². The molecule has 3 aromatic rings. The summed E-state index contributed by atoms with van der Waals surface area (Å²) in [5, 5.41) is 0. The second-order valence-corrected chi connectivity index (χ2v) is 8.26. The molecule has 0 N–H and O–H groups in total. The molecule has 0 radical (unpaired) electrons. The lowest BCUT2D eigenvalue weighted by atomic mass is 10.0. The van der Waals surface area contributed by atoms with Gasteiger partial charge in [0.05, 0.1) is 12.2 Å². The molecular weight excluding hydrogens is 426 g/mol. The van der Waals surface area contributed by atoms with Crippen LogP contribution in [0, 0.1) is 5.82 Å². The average molecular weight is 448 g/mol. The Bertz CT molecular complexity index is 1260. The van der Waals surface area contributed by atoms with Crippen LogP contribution in [0.1, 0.15) is 45.7 Å². The number of rotatable bonds is 7. The van der Waals surface area contributed by atoms with Gasteiger partial charge in [-0.2, -0.15) is 0 Å². The third-order valence-electron chi connectivity index (χ3n) is 5.77. The highest BCUT2D eigenvalue weighted by molar-refractivity contribution is 5.93. The zero-order valence-corrected chi connectivity index (χ0v) is 18.1. The SMILES string of the molecule is CN(Cc1cnc(CF)c2c1CN=C2)C(=O)c1ccc(-c2cccc(F)c2)c(OC2CC2)n1. The van der Waals surface area contributed by atoms with Crippen molar-refractivity contribution in [2.45, 2.75) is 38.7 Å². The second kappa shape index (κ2) is 8.69. The van der Waals surface area contributed by atoms with Crippen molar-refractivity contribution in [3.63, 3.8) is 0 Å². The average Bonchev–Trinajstić information content (AvgIpc) is 3.49. The minimum absolute atomic E-state index is 0.0653. The fourth-order valence-corrected chi connectivity index (χ4v) is 3.85. The van der Waals surface area contributed by atoms with E-state index in [1.165, 1.54) is 17.0 Å². The number of benzene rings is 1. The van der Waals surface area contributed by atoms with E-state index >= 15 is 0 Å². The first-order chi connectivity index (χ1) is 16.0. The summed E-state index contributed by atoms with van der Waals surface area (Å²) < 4.78 is 32.9. The summed E-state index contributed by atoms with van der Waals surface area (Å²) in [6.45, 7) is 0.0766. The Kier molecular flexibility index (Phi) is 5.58. The monoisotopic (exact) mass is 448 g/mol. The minimum atomic E-state index is -0.658. The van der Waals surface area contributed by atoms with E-state index in [1.807, 2.05) is 0 Å². The van der Waals surface area contributed by atoms with Gasteiger partial charge in [0.25, 0.3) is 5.91 Å². The summed E-state index contributed by atoms with van der Waals surface area (Å²) in [5.41, 5.74) is 4.29. The number of alkyl halides is 1. The summed E-state index contributed by atoms with van der Waals surface area (Å²) in [6, 6.07) is 9.57. The fraction of sp³-hybridized carbons (Fsp3) is 0.280. The molecule has 0 spiro atoms. The first-order valence-corrected chi connectivity index (χ1v) is 10.8. The summed E-state index contributed by atoms with van der Waals surface area (Å²) in [7, 11) is 1.68. The quantitative estimate of drug-likeness (QED) is 0.534. The molecule has 0 unspecified atom stereocenters. The van der Waals surface area contributed by atoms with Gasteiger partial charge in [-0.05, 0) is 53.8 Å². The molecule has 168 valence electrons. The number of pyridine rings is 2. The molecule has 2 aromatic heterocycles. The van der Waals surface area contributed by atoms with Crippen molar-refractivity contribution < 1.29 is 18.3 Å². The first-order valence-electron chi connectivity index (χ1n) is 10.8. The molecule has 33 heavy (non-hydrogen) atoms. The molecule has 1 amide bonds. The standard InChI is InChI=1S/C25H22F2N4O2/c1-31(14-16-11-29-23(10-26)21-13-28-12-20(16)21)25(32)22-8-7-19(15-3-2-4-17(27)9-15)24(30-22)33-18-5-6-18/h2-4,7-9,11,13,18H,5-6,10,12,14H2,1H3. The second-order valence-electron chi connectivity index (χ2n) is 8.26. The Labute approximate surface area is 190 Å². The fourth-order valence-electron chi connectivity index (χ4n) is 3.85. The zero-order valence-electron chi connectivity index (χ0n) is 18.1. The number of hydrogen-bond donors (Lipinski definition) is 0. The van der Waals surface area contributed by atoms with Crippen LogP contribution < -0.4 is 4.74 Å². The lowest BCUT2D eigenvalue weighted by Crippen LogP contribution is -2.28. The smallest absolute Gasteiger partial charge is 0.272 e. The highest BCUT2D eigenvalue weighted by Gasteiger charge is 2.27. The third kappa shape index (κ3) is 4.33. The van der Waals surface area contributed by atoms with Gasteiger partial charge in [-0.15, -0.1) is 0 Å². The number of ether oxygens (including phenoxy) is 1. The predicted molar refractivity (Wildman–Crippen MR) is 119 cm³/mol. The van der Waals surface area contributed by atoms with Gasteiger partial charge in [0, 0.05) is 37.1 Å². The van der Waals surface area contributed by atoms with Crippen LogP contribution >= 0.6 is 0 Å². The van der Waals surface area contributed by atoms with Crippen molar-refractivity contribution >= 4 is 12.1 Å². The van der Waals surface area contributed by atoms with E-state index in [9.17, 15) is 13.6 Å². The number of carbonyl (C=O) groups is 1. The minimum Gasteiger partial charge on any atom is -0.474 e. The first kappa shape index (κ1) is 21.2. The summed E-state index contributed by atoms with van der Waals surface area (Å²) in [5.74, 6) is -0.317. The van der Waals surface area contributed by atoms with Gasteiger partial charge < -0.3 is 9.64 Å². The van der Waals surface area contributed by atoms with Crippen molar-refractivity contribution in [3.8, 4) is 17.0 Å². The normalized spacial score (nSPS) is 14.3. The molecule has 6 nitrogen and oxygen atoms in total. The number of halogens is 2. The molecule has 3 heterocycles. The van der Waals surface area contributed by atoms with E-state index in [0.29, 0.717) is 34.8 Å². The number of hydrogen-bond acceptors (Lipinski definition) is 5. The molecular formula is C25H22F2N4O2. The van der Waals surface area contributed by atoms with Crippen LogP contribution in [0.5, 0.6) is 5.88 Å². The van der Waals surface area contributed by atoms with Gasteiger partial charge in [0.1, 0.15) is 24.3 Å². The van der Waals surface area contributed by atoms with Crippen molar-refractivity contribution in [2.24, 2.45) is 4.99 Å².